The fraction of sp³-hybridized carbons (Fsp3) is 0.556. The average Bonchev–Trinajstić information content (AvgIpc) is 2.31. The van der Waals surface area contributed by atoms with Gasteiger partial charge in [-0.05, 0) is 46.1 Å². The third-order valence-corrected chi connectivity index (χ3v) is 4.58. The monoisotopic (exact) mass is 281 g/mol. The Morgan fingerprint density at radius 2 is 2.23 bits per heavy atom. The van der Waals surface area contributed by atoms with Crippen molar-refractivity contribution in [2.24, 2.45) is 11.7 Å². The maximum absolute atomic E-state index is 6.13. The van der Waals surface area contributed by atoms with Crippen molar-refractivity contribution in [2.75, 3.05) is 0 Å². The molecule has 1 heterocycles. The Morgan fingerprint density at radius 1 is 1.54 bits per heavy atom. The summed E-state index contributed by atoms with van der Waals surface area (Å²) >= 11 is 5.28. The second-order valence-electron chi connectivity index (χ2n) is 3.35. The molecule has 1 aromatic heterocycles. The summed E-state index contributed by atoms with van der Waals surface area (Å²) in [6, 6.07) is 2.35. The molecular formula is C9H13BrClNS. The van der Waals surface area contributed by atoms with Crippen LogP contribution in [0.25, 0.3) is 0 Å². The van der Waals surface area contributed by atoms with Crippen LogP contribution in [0.2, 0.25) is 0 Å². The van der Waals surface area contributed by atoms with E-state index in [1.165, 1.54) is 28.6 Å². The molecule has 4 heteroatoms. The zero-order chi connectivity index (χ0) is 8.55. The van der Waals surface area contributed by atoms with E-state index in [1.54, 1.807) is 11.3 Å². The molecule has 0 spiro atoms. The van der Waals surface area contributed by atoms with Gasteiger partial charge in [-0.2, -0.15) is 0 Å². The molecule has 1 aliphatic carbocycles. The quantitative estimate of drug-likeness (QED) is 0.879. The van der Waals surface area contributed by atoms with Gasteiger partial charge in [-0.15, -0.1) is 23.7 Å². The zero-order valence-electron chi connectivity index (χ0n) is 7.20. The van der Waals surface area contributed by atoms with Crippen molar-refractivity contribution in [2.45, 2.75) is 25.3 Å². The highest BCUT2D eigenvalue weighted by Gasteiger charge is 2.27. The van der Waals surface area contributed by atoms with Crippen molar-refractivity contribution in [3.63, 3.8) is 0 Å². The highest BCUT2D eigenvalue weighted by molar-refractivity contribution is 9.10. The summed E-state index contributed by atoms with van der Waals surface area (Å²) in [7, 11) is 0. The highest BCUT2D eigenvalue weighted by Crippen LogP contribution is 2.40. The van der Waals surface area contributed by atoms with Gasteiger partial charge in [-0.3, -0.25) is 0 Å². The second-order valence-corrected chi connectivity index (χ2v) is 5.15. The van der Waals surface area contributed by atoms with Crippen molar-refractivity contribution >= 4 is 39.7 Å². The van der Waals surface area contributed by atoms with E-state index in [1.807, 2.05) is 0 Å². The number of thiophene rings is 1. The van der Waals surface area contributed by atoms with Crippen LogP contribution in [-0.2, 0) is 0 Å². The number of hydrogen-bond acceptors (Lipinski definition) is 2. The molecule has 1 atom stereocenters. The first-order valence-corrected chi connectivity index (χ1v) is 5.95. The predicted molar refractivity (Wildman–Crippen MR) is 63.5 cm³/mol. The van der Waals surface area contributed by atoms with E-state index in [-0.39, 0.29) is 18.4 Å². The largest absolute Gasteiger partial charge is 0.323 e. The lowest BCUT2D eigenvalue weighted by Gasteiger charge is -2.30. The normalized spacial score (nSPS) is 18.9. The number of nitrogens with two attached hydrogens (primary N) is 1. The van der Waals surface area contributed by atoms with Gasteiger partial charge in [0.15, 0.2) is 0 Å². The summed E-state index contributed by atoms with van der Waals surface area (Å²) in [5, 5.41) is 2.10. The molecule has 1 saturated carbocycles. The van der Waals surface area contributed by atoms with Crippen molar-refractivity contribution in [3.05, 3.63) is 20.8 Å². The maximum Gasteiger partial charge on any atom is 0.0429 e. The Hall–Kier alpha value is 0.430. The van der Waals surface area contributed by atoms with Crippen LogP contribution in [0.3, 0.4) is 0 Å². The van der Waals surface area contributed by atoms with E-state index in [0.717, 1.165) is 5.92 Å². The minimum absolute atomic E-state index is 0. The molecule has 1 fully saturated rings. The van der Waals surface area contributed by atoms with Gasteiger partial charge in [0.2, 0.25) is 0 Å². The van der Waals surface area contributed by atoms with Crippen LogP contribution >= 0.6 is 39.7 Å². The summed E-state index contributed by atoms with van der Waals surface area (Å²) in [5.41, 5.74) is 6.13. The first-order chi connectivity index (χ1) is 5.79. The number of hydrogen-bond donors (Lipinski definition) is 1. The average molecular weight is 283 g/mol. The Bertz CT molecular complexity index is 272. The Balaban J connectivity index is 0.000000845. The van der Waals surface area contributed by atoms with Gasteiger partial charge < -0.3 is 5.73 Å². The Labute approximate surface area is 97.3 Å². The summed E-state index contributed by atoms with van der Waals surface area (Å²) in [6.45, 7) is 0. The molecule has 0 aromatic carbocycles. The molecule has 13 heavy (non-hydrogen) atoms. The molecule has 2 rings (SSSR count). The van der Waals surface area contributed by atoms with E-state index < -0.39 is 0 Å². The van der Waals surface area contributed by atoms with Gasteiger partial charge in [-0.1, -0.05) is 6.42 Å². The molecule has 0 amide bonds. The number of rotatable bonds is 2. The molecule has 0 radical (unpaired) electrons. The summed E-state index contributed by atoms with van der Waals surface area (Å²) in [6.07, 6.45) is 3.98. The number of halogens is 2. The van der Waals surface area contributed by atoms with E-state index in [9.17, 15) is 0 Å². The second kappa shape index (κ2) is 4.78. The van der Waals surface area contributed by atoms with Crippen LogP contribution in [0.4, 0.5) is 0 Å². The van der Waals surface area contributed by atoms with Crippen LogP contribution in [0.5, 0.6) is 0 Å². The molecule has 2 N–H and O–H groups in total. The SMILES string of the molecule is Cl.N[C@H](c1sccc1Br)C1CCC1. The van der Waals surface area contributed by atoms with Crippen LogP contribution in [0.1, 0.15) is 30.2 Å². The summed E-state index contributed by atoms with van der Waals surface area (Å²) in [4.78, 5) is 1.32. The molecule has 1 aromatic rings. The van der Waals surface area contributed by atoms with Crippen molar-refractivity contribution in [3.8, 4) is 0 Å². The third-order valence-electron chi connectivity index (χ3n) is 2.61. The van der Waals surface area contributed by atoms with Crippen molar-refractivity contribution < 1.29 is 0 Å². The van der Waals surface area contributed by atoms with Crippen LogP contribution in [-0.4, -0.2) is 0 Å². The predicted octanol–water partition coefficient (Wildman–Crippen LogP) is 3.73. The molecular weight excluding hydrogens is 270 g/mol. The van der Waals surface area contributed by atoms with Crippen LogP contribution < -0.4 is 5.73 Å². The maximum atomic E-state index is 6.13. The lowest BCUT2D eigenvalue weighted by Crippen LogP contribution is -2.26. The van der Waals surface area contributed by atoms with Crippen molar-refractivity contribution in [1.82, 2.24) is 0 Å². The van der Waals surface area contributed by atoms with E-state index in [2.05, 4.69) is 27.4 Å². The standard InChI is InChI=1S/C9H12BrNS.ClH/c10-7-4-5-12-9(7)8(11)6-2-1-3-6;/h4-6,8H,1-3,11H2;1H/t8-;/m0./s1. The Kier molecular flexibility index (Phi) is 4.23. The van der Waals surface area contributed by atoms with Gasteiger partial charge in [-0.25, -0.2) is 0 Å². The summed E-state index contributed by atoms with van der Waals surface area (Å²) in [5.74, 6) is 0.736. The molecule has 1 nitrogen and oxygen atoms in total. The molecule has 1 aliphatic rings. The van der Waals surface area contributed by atoms with E-state index in [0.29, 0.717) is 0 Å². The third kappa shape index (κ3) is 2.27. The van der Waals surface area contributed by atoms with Gasteiger partial charge >= 0.3 is 0 Å². The lowest BCUT2D eigenvalue weighted by atomic mass is 9.79. The fourth-order valence-corrected chi connectivity index (χ4v) is 3.29. The minimum atomic E-state index is 0. The van der Waals surface area contributed by atoms with E-state index in [4.69, 9.17) is 5.73 Å². The zero-order valence-corrected chi connectivity index (χ0v) is 10.4. The van der Waals surface area contributed by atoms with E-state index >= 15 is 0 Å². The van der Waals surface area contributed by atoms with Crippen LogP contribution in [0, 0.1) is 5.92 Å². The highest BCUT2D eigenvalue weighted by atomic mass is 79.9. The molecule has 74 valence electrons. The first kappa shape index (κ1) is 11.5. The first-order valence-electron chi connectivity index (χ1n) is 4.27. The molecule has 0 saturated heterocycles. The molecule has 0 unspecified atom stereocenters. The smallest absolute Gasteiger partial charge is 0.0429 e. The van der Waals surface area contributed by atoms with Gasteiger partial charge in [0, 0.05) is 15.4 Å². The van der Waals surface area contributed by atoms with Gasteiger partial charge in [0.25, 0.3) is 0 Å². The topological polar surface area (TPSA) is 26.0 Å². The Morgan fingerprint density at radius 3 is 2.62 bits per heavy atom. The van der Waals surface area contributed by atoms with Gasteiger partial charge in [0.05, 0.1) is 0 Å². The minimum Gasteiger partial charge on any atom is -0.323 e. The summed E-state index contributed by atoms with van der Waals surface area (Å²) < 4.78 is 1.19. The molecule has 0 bridgehead atoms. The van der Waals surface area contributed by atoms with Crippen molar-refractivity contribution in [1.29, 1.82) is 0 Å². The van der Waals surface area contributed by atoms with Crippen LogP contribution in [0.15, 0.2) is 15.9 Å². The fourth-order valence-electron chi connectivity index (χ4n) is 1.56. The van der Waals surface area contributed by atoms with Gasteiger partial charge in [0.1, 0.15) is 0 Å². The lowest BCUT2D eigenvalue weighted by molar-refractivity contribution is 0.266. The molecule has 0 aliphatic heterocycles.